The smallest absolute Gasteiger partial charge is 0.297 e. The fourth-order valence-corrected chi connectivity index (χ4v) is 7.73. The number of hydrogen-bond acceptors (Lipinski definition) is 12. The largest absolute Gasteiger partial charge is 0.398 e. The molecule has 226 valence electrons. The molecule has 17 heteroatoms. The van der Waals surface area contributed by atoms with Crippen molar-refractivity contribution in [2.24, 2.45) is 0 Å². The second kappa shape index (κ2) is 12.3. The summed E-state index contributed by atoms with van der Waals surface area (Å²) in [5.41, 5.74) is 11.2. The van der Waals surface area contributed by atoms with E-state index in [0.717, 1.165) is 12.0 Å². The zero-order valence-electron chi connectivity index (χ0n) is 22.0. The molecular weight excluding hydrogens is 631 g/mol. The summed E-state index contributed by atoms with van der Waals surface area (Å²) >= 11 is 0.883. The Labute approximate surface area is 246 Å². The fraction of sp³-hybridized carbons (Fsp3) is 0.200. The Morgan fingerprint density at radius 1 is 0.762 bits per heavy atom. The van der Waals surface area contributed by atoms with Crippen LogP contribution in [0, 0.1) is 0 Å². The summed E-state index contributed by atoms with van der Waals surface area (Å²) in [6.45, 7) is 0.606. The first-order valence-corrected chi connectivity index (χ1v) is 17.3. The average molecular weight is 658 g/mol. The van der Waals surface area contributed by atoms with E-state index in [0.29, 0.717) is 22.2 Å². The quantitative estimate of drug-likeness (QED) is 0.0430. The van der Waals surface area contributed by atoms with Gasteiger partial charge in [-0.3, -0.25) is 9.11 Å². The molecule has 0 aromatic heterocycles. The van der Waals surface area contributed by atoms with Crippen LogP contribution in [0.1, 0.15) is 0 Å². The number of fused-ring (bicyclic) bond motifs is 2. The van der Waals surface area contributed by atoms with E-state index in [1.807, 2.05) is 0 Å². The van der Waals surface area contributed by atoms with Crippen LogP contribution in [0.15, 0.2) is 80.2 Å². The van der Waals surface area contributed by atoms with Crippen LogP contribution >= 0.6 is 12.0 Å². The Morgan fingerprint density at radius 2 is 1.31 bits per heavy atom. The van der Waals surface area contributed by atoms with Crippen LogP contribution in [0.25, 0.3) is 21.5 Å². The van der Waals surface area contributed by atoms with E-state index >= 15 is 0 Å². The lowest BCUT2D eigenvalue weighted by atomic mass is 10.1. The van der Waals surface area contributed by atoms with Crippen molar-refractivity contribution in [1.82, 2.24) is 4.90 Å². The van der Waals surface area contributed by atoms with Gasteiger partial charge in [0.1, 0.15) is 9.79 Å². The Balaban J connectivity index is 1.29. The SMILES string of the molecule is CN(CCOOSc1ccc2c(S(=O)(=O)O)c(N)ccc2c1)CCS(=O)(=O)c1ccc2c(S(=O)(=O)O)c(N)ccc2c1. The molecule has 0 aliphatic heterocycles. The topological polar surface area (TPSA) is 217 Å². The molecule has 0 heterocycles. The Morgan fingerprint density at radius 3 is 1.88 bits per heavy atom. The van der Waals surface area contributed by atoms with Crippen molar-refractivity contribution in [2.45, 2.75) is 19.6 Å². The van der Waals surface area contributed by atoms with Gasteiger partial charge in [0, 0.05) is 28.8 Å². The molecule has 0 spiro atoms. The predicted octanol–water partition coefficient (Wildman–Crippen LogP) is 3.01. The average Bonchev–Trinajstić information content (AvgIpc) is 2.89. The molecule has 6 N–H and O–H groups in total. The lowest BCUT2D eigenvalue weighted by Crippen LogP contribution is -2.28. The van der Waals surface area contributed by atoms with E-state index in [1.54, 1.807) is 30.1 Å². The zero-order chi connectivity index (χ0) is 30.9. The maximum atomic E-state index is 12.9. The van der Waals surface area contributed by atoms with Gasteiger partial charge in [-0.15, -0.1) is 0 Å². The van der Waals surface area contributed by atoms with E-state index in [1.165, 1.54) is 42.5 Å². The van der Waals surface area contributed by atoms with Crippen molar-refractivity contribution >= 4 is 75.0 Å². The molecule has 42 heavy (non-hydrogen) atoms. The highest BCUT2D eigenvalue weighted by Gasteiger charge is 2.21. The lowest BCUT2D eigenvalue weighted by molar-refractivity contribution is -0.192. The molecule has 0 unspecified atom stereocenters. The van der Waals surface area contributed by atoms with Crippen molar-refractivity contribution in [3.8, 4) is 0 Å². The maximum absolute atomic E-state index is 12.9. The van der Waals surface area contributed by atoms with E-state index in [9.17, 15) is 34.4 Å². The van der Waals surface area contributed by atoms with E-state index in [-0.39, 0.29) is 50.8 Å². The third kappa shape index (κ3) is 7.31. The molecule has 13 nitrogen and oxygen atoms in total. The van der Waals surface area contributed by atoms with Gasteiger partial charge in [0.05, 0.1) is 40.7 Å². The van der Waals surface area contributed by atoms with Gasteiger partial charge in [0.25, 0.3) is 20.2 Å². The van der Waals surface area contributed by atoms with Gasteiger partial charge in [-0.05, 0) is 54.2 Å². The second-order valence-corrected chi connectivity index (χ2v) is 14.9. The first-order valence-electron chi connectivity index (χ1n) is 12.0. The molecule has 0 bridgehead atoms. The lowest BCUT2D eigenvalue weighted by Gasteiger charge is -2.16. The third-order valence-electron chi connectivity index (χ3n) is 6.30. The van der Waals surface area contributed by atoms with Gasteiger partial charge in [-0.25, -0.2) is 13.3 Å². The van der Waals surface area contributed by atoms with Crippen molar-refractivity contribution in [3.05, 3.63) is 60.7 Å². The van der Waals surface area contributed by atoms with Crippen molar-refractivity contribution in [3.63, 3.8) is 0 Å². The van der Waals surface area contributed by atoms with Gasteiger partial charge in [-0.1, -0.05) is 24.3 Å². The summed E-state index contributed by atoms with van der Waals surface area (Å²) < 4.78 is 96.8. The van der Waals surface area contributed by atoms with Crippen LogP contribution in [0.4, 0.5) is 11.4 Å². The van der Waals surface area contributed by atoms with Gasteiger partial charge < -0.3 is 16.4 Å². The highest BCUT2D eigenvalue weighted by Crippen LogP contribution is 2.32. The second-order valence-electron chi connectivity index (χ2n) is 9.28. The Kier molecular flexibility index (Phi) is 9.36. The molecule has 0 saturated heterocycles. The van der Waals surface area contributed by atoms with Crippen LogP contribution < -0.4 is 11.5 Å². The number of anilines is 2. The molecule has 4 rings (SSSR count). The van der Waals surface area contributed by atoms with Crippen molar-refractivity contribution in [2.75, 3.05) is 44.0 Å². The Bertz CT molecular complexity index is 1980. The van der Waals surface area contributed by atoms with Crippen LogP contribution in [0.5, 0.6) is 0 Å². The molecule has 4 aromatic rings. The first kappa shape index (κ1) is 31.9. The van der Waals surface area contributed by atoms with Gasteiger partial charge in [0.15, 0.2) is 9.84 Å². The molecule has 0 fully saturated rings. The normalized spacial score (nSPS) is 12.9. The van der Waals surface area contributed by atoms with Gasteiger partial charge in [-0.2, -0.15) is 21.2 Å². The predicted molar refractivity (Wildman–Crippen MR) is 159 cm³/mol. The summed E-state index contributed by atoms with van der Waals surface area (Å²) in [6.07, 6.45) is 0. The highest BCUT2D eigenvalue weighted by molar-refractivity contribution is 7.94. The van der Waals surface area contributed by atoms with E-state index in [2.05, 4.69) is 0 Å². The minimum Gasteiger partial charge on any atom is -0.398 e. The molecule has 0 aliphatic rings. The molecule has 4 aromatic carbocycles. The summed E-state index contributed by atoms with van der Waals surface area (Å²) in [4.78, 5) is 6.64. The minimum atomic E-state index is -4.61. The molecule has 0 radical (unpaired) electrons. The van der Waals surface area contributed by atoms with E-state index < -0.39 is 35.0 Å². The fourth-order valence-electron chi connectivity index (χ4n) is 4.21. The number of nitrogens with two attached hydrogens (primary N) is 2. The highest BCUT2D eigenvalue weighted by atomic mass is 32.2. The standard InChI is InChI=1S/C25H27N3O10S4/c1-28(10-12-37-38-39-18-4-6-20-16(14-18)2-8-22(26)24(20)41(31,32)33)11-13-40(29,30)19-5-7-21-17(15-19)3-9-23(27)25(21)42(34,35)36/h2-9,14-15H,10-13,26-27H2,1H3,(H,31,32,33)(H,34,35,36). The number of nitrogen functional groups attached to an aromatic ring is 2. The zero-order valence-corrected chi connectivity index (χ0v) is 25.3. The number of sulfone groups is 1. The molecular formula is C25H27N3O10S4. The molecule has 0 saturated carbocycles. The number of benzene rings is 4. The number of hydrogen-bond donors (Lipinski definition) is 4. The summed E-state index contributed by atoms with van der Waals surface area (Å²) in [7, 11) is -11.2. The number of rotatable bonds is 12. The number of nitrogens with zero attached hydrogens (tertiary/aromatic N) is 1. The summed E-state index contributed by atoms with van der Waals surface area (Å²) in [5.74, 6) is -0.224. The van der Waals surface area contributed by atoms with Gasteiger partial charge >= 0.3 is 0 Å². The molecule has 0 amide bonds. The monoisotopic (exact) mass is 657 g/mol. The van der Waals surface area contributed by atoms with Gasteiger partial charge in [0.2, 0.25) is 0 Å². The van der Waals surface area contributed by atoms with Crippen molar-refractivity contribution < 1.29 is 43.6 Å². The minimum absolute atomic E-state index is 0.00720. The van der Waals surface area contributed by atoms with Crippen molar-refractivity contribution in [1.29, 1.82) is 0 Å². The Hall–Kier alpha value is -3.00. The van der Waals surface area contributed by atoms with Crippen LogP contribution in [0.2, 0.25) is 0 Å². The van der Waals surface area contributed by atoms with Crippen LogP contribution in [0.3, 0.4) is 0 Å². The van der Waals surface area contributed by atoms with Crippen LogP contribution in [-0.4, -0.2) is 71.8 Å². The summed E-state index contributed by atoms with van der Waals surface area (Å²) in [5, 5.41) is 1.18. The first-order chi connectivity index (χ1) is 19.6. The maximum Gasteiger partial charge on any atom is 0.297 e. The third-order valence-corrected chi connectivity index (χ3v) is 10.5. The molecule has 0 aliphatic carbocycles. The van der Waals surface area contributed by atoms with Crippen LogP contribution in [-0.2, 0) is 39.3 Å². The summed E-state index contributed by atoms with van der Waals surface area (Å²) in [6, 6.07) is 14.4. The van der Waals surface area contributed by atoms with E-state index in [4.69, 9.17) is 20.7 Å². The molecule has 0 atom stereocenters. The number of likely N-dealkylation sites (N-methyl/N-ethyl adjacent to an activating group) is 1.